The Morgan fingerprint density at radius 1 is 0.921 bits per heavy atom. The molecule has 10 heteroatoms. The summed E-state index contributed by atoms with van der Waals surface area (Å²) in [5.74, 6) is -2.93. The van der Waals surface area contributed by atoms with Crippen LogP contribution in [0.25, 0.3) is 0 Å². The van der Waals surface area contributed by atoms with E-state index in [4.69, 9.17) is 8.84 Å². The predicted molar refractivity (Wildman–Crippen MR) is 145 cm³/mol. The fourth-order valence-electron chi connectivity index (χ4n) is 4.43. The molecule has 0 bridgehead atoms. The van der Waals surface area contributed by atoms with Crippen LogP contribution in [0.3, 0.4) is 0 Å². The number of carboxylic acid groups (broad SMARTS) is 1. The van der Waals surface area contributed by atoms with Crippen LogP contribution in [0.5, 0.6) is 0 Å². The van der Waals surface area contributed by atoms with E-state index in [1.54, 1.807) is 0 Å². The van der Waals surface area contributed by atoms with Crippen LogP contribution < -0.4 is 21.0 Å². The second kappa shape index (κ2) is 12.2. The highest BCUT2D eigenvalue weighted by atomic mass is 28.4. The summed E-state index contributed by atoms with van der Waals surface area (Å²) in [4.78, 5) is 37.7. The first-order valence-electron chi connectivity index (χ1n) is 12.3. The molecular weight excluding hydrogens is 504 g/mol. The quantitative estimate of drug-likeness (QED) is 0.274. The molecule has 9 nitrogen and oxygen atoms in total. The van der Waals surface area contributed by atoms with Gasteiger partial charge >= 0.3 is 5.97 Å². The molecule has 4 N–H and O–H groups in total. The lowest BCUT2D eigenvalue weighted by molar-refractivity contribution is -0.143. The number of nitrogens with one attached hydrogen (secondary N) is 2. The molecule has 202 valence electrons. The third kappa shape index (κ3) is 6.39. The van der Waals surface area contributed by atoms with Gasteiger partial charge in [-0.15, -0.1) is 0 Å². The lowest BCUT2D eigenvalue weighted by Gasteiger charge is -2.43. The molecule has 0 aliphatic carbocycles. The van der Waals surface area contributed by atoms with E-state index in [1.807, 2.05) is 60.7 Å². The summed E-state index contributed by atoms with van der Waals surface area (Å²) in [6, 6.07) is 19.5. The van der Waals surface area contributed by atoms with Crippen molar-refractivity contribution in [1.29, 1.82) is 0 Å². The Balaban J connectivity index is 1.89. The fourth-order valence-corrected chi connectivity index (χ4v) is 9.00. The summed E-state index contributed by atoms with van der Waals surface area (Å²) >= 11 is 0. The normalized spacial score (nSPS) is 14.2. The van der Waals surface area contributed by atoms with Crippen LogP contribution in [0.1, 0.15) is 38.2 Å². The van der Waals surface area contributed by atoms with E-state index in [1.165, 1.54) is 25.3 Å². The standard InChI is InChI=1S/C28H34N2O7Si/c1-19(31)24(30-25(32)23-16-11-17-36-23)26(33)29-22(27(34)35)18-37-38(28(2,3)4,20-12-7-5-8-13-20)21-14-9-6-10-15-21/h5-17,19,22,24,31H,18H2,1-4H3,(H,29,33)(H,30,32)(H,34,35). The Morgan fingerprint density at radius 3 is 1.89 bits per heavy atom. The summed E-state index contributed by atoms with van der Waals surface area (Å²) < 4.78 is 11.7. The Labute approximate surface area is 223 Å². The molecule has 3 unspecified atom stereocenters. The molecule has 2 amide bonds. The van der Waals surface area contributed by atoms with Crippen molar-refractivity contribution in [3.8, 4) is 0 Å². The maximum absolute atomic E-state index is 13.0. The van der Waals surface area contributed by atoms with Gasteiger partial charge in [0.15, 0.2) is 5.76 Å². The highest BCUT2D eigenvalue weighted by Gasteiger charge is 2.50. The molecule has 0 aliphatic rings. The molecule has 3 atom stereocenters. The smallest absolute Gasteiger partial charge is 0.328 e. The third-order valence-electron chi connectivity index (χ3n) is 6.29. The molecule has 2 aromatic carbocycles. The average molecular weight is 539 g/mol. The highest BCUT2D eigenvalue weighted by molar-refractivity contribution is 6.99. The molecule has 1 aromatic heterocycles. The number of furan rings is 1. The first-order chi connectivity index (χ1) is 18.0. The summed E-state index contributed by atoms with van der Waals surface area (Å²) in [7, 11) is -3.07. The third-order valence-corrected chi connectivity index (χ3v) is 11.3. The monoisotopic (exact) mass is 538 g/mol. The number of aliphatic hydroxyl groups is 1. The van der Waals surface area contributed by atoms with Gasteiger partial charge in [-0.25, -0.2) is 4.79 Å². The largest absolute Gasteiger partial charge is 0.480 e. The fraction of sp³-hybridized carbons (Fsp3) is 0.321. The van der Waals surface area contributed by atoms with Crippen LogP contribution in [-0.2, 0) is 14.0 Å². The van der Waals surface area contributed by atoms with E-state index >= 15 is 0 Å². The number of carbonyl (C=O) groups is 3. The Hall–Kier alpha value is -3.73. The molecular formula is C28H34N2O7Si. The van der Waals surface area contributed by atoms with Crippen molar-refractivity contribution >= 4 is 36.5 Å². The first-order valence-corrected chi connectivity index (χ1v) is 14.2. The lowest BCUT2D eigenvalue weighted by atomic mass is 10.1. The summed E-state index contributed by atoms with van der Waals surface area (Å²) in [5.41, 5.74) is 0. The van der Waals surface area contributed by atoms with Crippen molar-refractivity contribution in [3.05, 3.63) is 84.8 Å². The van der Waals surface area contributed by atoms with Gasteiger partial charge in [0.05, 0.1) is 19.0 Å². The van der Waals surface area contributed by atoms with Crippen molar-refractivity contribution in [2.75, 3.05) is 6.61 Å². The van der Waals surface area contributed by atoms with Crippen molar-refractivity contribution < 1.29 is 33.4 Å². The van der Waals surface area contributed by atoms with Crippen molar-refractivity contribution in [2.45, 2.75) is 50.9 Å². The van der Waals surface area contributed by atoms with E-state index in [2.05, 4.69) is 31.4 Å². The Morgan fingerprint density at radius 2 is 1.47 bits per heavy atom. The van der Waals surface area contributed by atoms with E-state index in [0.717, 1.165) is 10.4 Å². The number of carboxylic acids is 1. The van der Waals surface area contributed by atoms with Crippen molar-refractivity contribution in [2.24, 2.45) is 0 Å². The van der Waals surface area contributed by atoms with Gasteiger partial charge in [0.25, 0.3) is 14.2 Å². The number of carbonyl (C=O) groups excluding carboxylic acids is 2. The number of benzene rings is 2. The zero-order valence-electron chi connectivity index (χ0n) is 21.9. The van der Waals surface area contributed by atoms with Gasteiger partial charge in [-0.2, -0.15) is 0 Å². The van der Waals surface area contributed by atoms with Gasteiger partial charge in [0.1, 0.15) is 12.1 Å². The molecule has 0 saturated carbocycles. The minimum Gasteiger partial charge on any atom is -0.480 e. The zero-order chi connectivity index (χ0) is 27.9. The van der Waals surface area contributed by atoms with E-state index in [9.17, 15) is 24.6 Å². The molecule has 0 radical (unpaired) electrons. The molecule has 0 spiro atoms. The van der Waals surface area contributed by atoms with E-state index in [0.29, 0.717) is 0 Å². The minimum atomic E-state index is -3.07. The van der Waals surface area contributed by atoms with Gasteiger partial charge in [0.2, 0.25) is 5.91 Å². The van der Waals surface area contributed by atoms with Crippen LogP contribution >= 0.6 is 0 Å². The average Bonchev–Trinajstić information content (AvgIpc) is 3.42. The molecule has 0 fully saturated rings. The first kappa shape index (κ1) is 28.8. The van der Waals surface area contributed by atoms with Gasteiger partial charge in [-0.3, -0.25) is 9.59 Å². The van der Waals surface area contributed by atoms with E-state index < -0.39 is 49.3 Å². The molecule has 1 heterocycles. The van der Waals surface area contributed by atoms with Gasteiger partial charge in [-0.05, 0) is 34.5 Å². The topological polar surface area (TPSA) is 138 Å². The van der Waals surface area contributed by atoms with Crippen LogP contribution in [0.2, 0.25) is 5.04 Å². The van der Waals surface area contributed by atoms with Crippen molar-refractivity contribution in [3.63, 3.8) is 0 Å². The number of hydrogen-bond donors (Lipinski definition) is 4. The summed E-state index contributed by atoms with van der Waals surface area (Å²) in [5, 5.41) is 26.5. The number of aliphatic hydroxyl groups excluding tert-OH is 1. The highest BCUT2D eigenvalue weighted by Crippen LogP contribution is 2.36. The second-order valence-electron chi connectivity index (χ2n) is 10.0. The SMILES string of the molecule is CC(O)C(NC(=O)c1ccco1)C(=O)NC(CO[Si](c1ccccc1)(c1ccccc1)C(C)(C)C)C(=O)O. The molecule has 3 aromatic rings. The van der Waals surface area contributed by atoms with Gasteiger partial charge < -0.3 is 29.7 Å². The minimum absolute atomic E-state index is 0.0479. The number of amides is 2. The van der Waals surface area contributed by atoms with Crippen LogP contribution in [-0.4, -0.2) is 61.1 Å². The molecule has 0 saturated heterocycles. The maximum Gasteiger partial charge on any atom is 0.328 e. The maximum atomic E-state index is 13.0. The van der Waals surface area contributed by atoms with Gasteiger partial charge in [0, 0.05) is 0 Å². The molecule has 38 heavy (non-hydrogen) atoms. The zero-order valence-corrected chi connectivity index (χ0v) is 22.9. The van der Waals surface area contributed by atoms with Crippen LogP contribution in [0, 0.1) is 0 Å². The Bertz CT molecular complexity index is 1170. The lowest BCUT2D eigenvalue weighted by Crippen LogP contribution is -2.68. The number of aliphatic carboxylic acids is 1. The molecule has 3 rings (SSSR count). The van der Waals surface area contributed by atoms with Gasteiger partial charge in [-0.1, -0.05) is 81.4 Å². The second-order valence-corrected chi connectivity index (χ2v) is 14.3. The van der Waals surface area contributed by atoms with Crippen LogP contribution in [0.15, 0.2) is 83.5 Å². The summed E-state index contributed by atoms with van der Waals surface area (Å²) in [6.07, 6.45) is -0.00408. The Kier molecular flexibility index (Phi) is 9.26. The van der Waals surface area contributed by atoms with E-state index in [-0.39, 0.29) is 12.4 Å². The predicted octanol–water partition coefficient (Wildman–Crippen LogP) is 1.90. The van der Waals surface area contributed by atoms with Crippen molar-refractivity contribution in [1.82, 2.24) is 10.6 Å². The van der Waals surface area contributed by atoms with Crippen LogP contribution in [0.4, 0.5) is 0 Å². The number of hydrogen-bond acceptors (Lipinski definition) is 6. The molecule has 0 aliphatic heterocycles. The summed E-state index contributed by atoms with van der Waals surface area (Å²) in [6.45, 7) is 7.16. The number of rotatable bonds is 11.